The molecule has 0 saturated carbocycles. The number of carbonyl (C=O) groups is 1. The number of imidazole rings is 1. The maximum absolute atomic E-state index is 12.8. The molecule has 0 aliphatic carbocycles. The van der Waals surface area contributed by atoms with Crippen LogP contribution in [0.15, 0.2) is 61.2 Å². The van der Waals surface area contributed by atoms with Crippen LogP contribution in [0.3, 0.4) is 0 Å². The lowest BCUT2D eigenvalue weighted by Crippen LogP contribution is -2.19. The number of nitrogens with one attached hydrogen (secondary N) is 1. The van der Waals surface area contributed by atoms with Crippen LogP contribution in [-0.4, -0.2) is 43.4 Å². The van der Waals surface area contributed by atoms with Crippen molar-refractivity contribution in [1.82, 2.24) is 24.4 Å². The monoisotopic (exact) mass is 412 g/mol. The second-order valence-corrected chi connectivity index (χ2v) is 7.99. The van der Waals surface area contributed by atoms with E-state index in [1.807, 2.05) is 54.2 Å². The topological polar surface area (TPSA) is 75.9 Å². The molecule has 7 heteroatoms. The summed E-state index contributed by atoms with van der Waals surface area (Å²) in [6.45, 7) is 3.13. The van der Waals surface area contributed by atoms with Crippen molar-refractivity contribution >= 4 is 22.8 Å². The van der Waals surface area contributed by atoms with Gasteiger partial charge in [0.1, 0.15) is 0 Å². The molecule has 7 nitrogen and oxygen atoms in total. The van der Waals surface area contributed by atoms with Gasteiger partial charge >= 0.3 is 0 Å². The number of hydrogen-bond donors (Lipinski definition) is 1. The Morgan fingerprint density at radius 3 is 2.77 bits per heavy atom. The molecule has 1 aliphatic rings. The van der Waals surface area contributed by atoms with Crippen molar-refractivity contribution in [2.24, 2.45) is 7.05 Å². The Morgan fingerprint density at radius 1 is 1.10 bits per heavy atom. The van der Waals surface area contributed by atoms with Crippen LogP contribution < -0.4 is 5.32 Å². The highest BCUT2D eigenvalue weighted by molar-refractivity contribution is 6.03. The van der Waals surface area contributed by atoms with E-state index in [0.29, 0.717) is 11.5 Å². The first-order chi connectivity index (χ1) is 15.2. The minimum Gasteiger partial charge on any atom is -0.334 e. The molecule has 0 spiro atoms. The van der Waals surface area contributed by atoms with Gasteiger partial charge in [-0.2, -0.15) is 0 Å². The highest BCUT2D eigenvalue weighted by Gasteiger charge is 2.14. The molecule has 1 aliphatic heterocycles. The number of aromatic nitrogens is 4. The van der Waals surface area contributed by atoms with Crippen LogP contribution in [0, 0.1) is 0 Å². The summed E-state index contributed by atoms with van der Waals surface area (Å²) in [7, 11) is 1.95. The van der Waals surface area contributed by atoms with Gasteiger partial charge in [-0.15, -0.1) is 0 Å². The van der Waals surface area contributed by atoms with Crippen LogP contribution in [0.1, 0.15) is 28.8 Å². The molecule has 1 amide bonds. The Kier molecular flexibility index (Phi) is 5.18. The molecule has 0 radical (unpaired) electrons. The van der Waals surface area contributed by atoms with E-state index in [9.17, 15) is 4.79 Å². The van der Waals surface area contributed by atoms with Gasteiger partial charge in [-0.3, -0.25) is 15.0 Å². The molecule has 0 atom stereocenters. The Morgan fingerprint density at radius 2 is 1.97 bits per heavy atom. The number of aryl methyl sites for hydroxylation is 1. The number of likely N-dealkylation sites (tertiary alicyclic amines) is 1. The number of amides is 1. The lowest BCUT2D eigenvalue weighted by molar-refractivity contribution is 0.102. The van der Waals surface area contributed by atoms with Gasteiger partial charge in [0.15, 0.2) is 0 Å². The largest absolute Gasteiger partial charge is 0.334 e. The third-order valence-electron chi connectivity index (χ3n) is 5.71. The number of nitrogens with zero attached hydrogens (tertiary/aromatic N) is 5. The van der Waals surface area contributed by atoms with Crippen molar-refractivity contribution in [1.29, 1.82) is 0 Å². The zero-order valence-electron chi connectivity index (χ0n) is 17.5. The molecule has 156 valence electrons. The average molecular weight is 412 g/mol. The van der Waals surface area contributed by atoms with Gasteiger partial charge in [0, 0.05) is 36.3 Å². The summed E-state index contributed by atoms with van der Waals surface area (Å²) in [4.78, 5) is 28.3. The number of hydrogen-bond acceptors (Lipinski definition) is 5. The van der Waals surface area contributed by atoms with E-state index in [4.69, 9.17) is 0 Å². The van der Waals surface area contributed by atoms with Gasteiger partial charge in [-0.1, -0.05) is 24.3 Å². The lowest BCUT2D eigenvalue weighted by Gasteiger charge is -2.15. The van der Waals surface area contributed by atoms with E-state index >= 15 is 0 Å². The normalized spacial score (nSPS) is 14.2. The molecule has 31 heavy (non-hydrogen) atoms. The van der Waals surface area contributed by atoms with Gasteiger partial charge in [0.2, 0.25) is 5.95 Å². The van der Waals surface area contributed by atoms with Crippen molar-refractivity contribution in [3.63, 3.8) is 0 Å². The van der Waals surface area contributed by atoms with Crippen LogP contribution in [0.4, 0.5) is 5.95 Å². The van der Waals surface area contributed by atoms with Crippen LogP contribution in [0.5, 0.6) is 0 Å². The maximum Gasteiger partial charge on any atom is 0.258 e. The van der Waals surface area contributed by atoms with E-state index in [1.54, 1.807) is 12.5 Å². The van der Waals surface area contributed by atoms with Crippen molar-refractivity contribution in [3.8, 4) is 11.3 Å². The predicted molar refractivity (Wildman–Crippen MR) is 121 cm³/mol. The third kappa shape index (κ3) is 4.18. The number of fused-ring (bicyclic) bond motifs is 1. The SMILES string of the molecule is Cn1cncc1-c1ccc2cnc(NC(=O)c3cccc(CN4CCCC4)c3)nc2c1. The van der Waals surface area contributed by atoms with Gasteiger partial charge in [0.25, 0.3) is 5.91 Å². The summed E-state index contributed by atoms with van der Waals surface area (Å²) >= 11 is 0. The van der Waals surface area contributed by atoms with Gasteiger partial charge in [-0.05, 0) is 49.7 Å². The number of rotatable bonds is 5. The van der Waals surface area contributed by atoms with Crippen LogP contribution >= 0.6 is 0 Å². The predicted octanol–water partition coefficient (Wildman–Crippen LogP) is 3.88. The fourth-order valence-electron chi connectivity index (χ4n) is 4.06. The van der Waals surface area contributed by atoms with Crippen molar-refractivity contribution in [2.75, 3.05) is 18.4 Å². The number of anilines is 1. The summed E-state index contributed by atoms with van der Waals surface area (Å²) in [5, 5.41) is 3.76. The molecule has 2 aromatic carbocycles. The van der Waals surface area contributed by atoms with Gasteiger partial charge in [-0.25, -0.2) is 15.0 Å². The second kappa shape index (κ2) is 8.28. The van der Waals surface area contributed by atoms with Crippen LogP contribution in [0.25, 0.3) is 22.2 Å². The Labute approximate surface area is 180 Å². The molecule has 1 fully saturated rings. The molecule has 1 saturated heterocycles. The van der Waals surface area contributed by atoms with Gasteiger partial charge < -0.3 is 4.57 Å². The average Bonchev–Trinajstić information content (AvgIpc) is 3.45. The number of carbonyl (C=O) groups excluding carboxylic acids is 1. The zero-order chi connectivity index (χ0) is 21.2. The van der Waals surface area contributed by atoms with E-state index in [0.717, 1.165) is 47.4 Å². The molecule has 0 unspecified atom stereocenters. The first-order valence-corrected chi connectivity index (χ1v) is 10.5. The standard InChI is InChI=1S/C24H24N6O/c1-29-16-25-14-22(29)18-7-8-20-13-26-24(27-21(20)12-18)28-23(31)19-6-4-5-17(11-19)15-30-9-2-3-10-30/h4-8,11-14,16H,2-3,9-10,15H2,1H3,(H,26,27,28,31). The smallest absolute Gasteiger partial charge is 0.258 e. The van der Waals surface area contributed by atoms with Crippen LogP contribution in [0.2, 0.25) is 0 Å². The Balaban J connectivity index is 1.36. The highest BCUT2D eigenvalue weighted by Crippen LogP contribution is 2.23. The minimum absolute atomic E-state index is 0.203. The molecule has 0 bridgehead atoms. The molecule has 2 aromatic heterocycles. The highest BCUT2D eigenvalue weighted by atomic mass is 16.1. The summed E-state index contributed by atoms with van der Waals surface area (Å²) < 4.78 is 1.96. The first kappa shape index (κ1) is 19.4. The third-order valence-corrected chi connectivity index (χ3v) is 5.71. The van der Waals surface area contributed by atoms with Crippen molar-refractivity contribution < 1.29 is 4.79 Å². The first-order valence-electron chi connectivity index (χ1n) is 10.5. The van der Waals surface area contributed by atoms with E-state index in [-0.39, 0.29) is 5.91 Å². The summed E-state index contributed by atoms with van der Waals surface area (Å²) in [6, 6.07) is 13.8. The molecule has 1 N–H and O–H groups in total. The molecular formula is C24H24N6O. The van der Waals surface area contributed by atoms with E-state index < -0.39 is 0 Å². The molecule has 4 aromatic rings. The fraction of sp³-hybridized carbons (Fsp3) is 0.250. The molecule has 3 heterocycles. The number of benzene rings is 2. The van der Waals surface area contributed by atoms with Crippen molar-refractivity contribution in [3.05, 3.63) is 72.3 Å². The lowest BCUT2D eigenvalue weighted by atomic mass is 10.1. The quantitative estimate of drug-likeness (QED) is 0.538. The molecular weight excluding hydrogens is 388 g/mol. The van der Waals surface area contributed by atoms with E-state index in [2.05, 4.69) is 31.2 Å². The zero-order valence-corrected chi connectivity index (χ0v) is 17.5. The van der Waals surface area contributed by atoms with E-state index in [1.165, 1.54) is 12.8 Å². The summed E-state index contributed by atoms with van der Waals surface area (Å²) in [5.74, 6) is 0.0926. The Bertz CT molecular complexity index is 1240. The molecule has 5 rings (SSSR count). The van der Waals surface area contributed by atoms with Crippen LogP contribution in [-0.2, 0) is 13.6 Å². The summed E-state index contributed by atoms with van der Waals surface area (Å²) in [5.41, 5.74) is 4.55. The van der Waals surface area contributed by atoms with Crippen molar-refractivity contribution in [2.45, 2.75) is 19.4 Å². The van der Waals surface area contributed by atoms with Gasteiger partial charge in [0.05, 0.1) is 23.7 Å². The fourth-order valence-corrected chi connectivity index (χ4v) is 4.06. The second-order valence-electron chi connectivity index (χ2n) is 7.99. The summed E-state index contributed by atoms with van der Waals surface area (Å²) in [6.07, 6.45) is 7.82. The minimum atomic E-state index is -0.203. The Hall–Kier alpha value is -3.58. The maximum atomic E-state index is 12.8.